The molecule has 1 aliphatic rings. The number of nitrogens with one attached hydrogen (secondary N) is 1. The smallest absolute Gasteiger partial charge is 0.253 e. The van der Waals surface area contributed by atoms with Gasteiger partial charge in [-0.15, -0.1) is 11.3 Å². The fourth-order valence-electron chi connectivity index (χ4n) is 3.52. The third-order valence-corrected chi connectivity index (χ3v) is 5.79. The Kier molecular flexibility index (Phi) is 4.29. The topological polar surface area (TPSA) is 67.2 Å². The van der Waals surface area contributed by atoms with E-state index in [1.165, 1.54) is 0 Å². The molecule has 0 radical (unpaired) electrons. The lowest BCUT2D eigenvalue weighted by Crippen LogP contribution is -2.44. The van der Waals surface area contributed by atoms with Crippen LogP contribution in [0.25, 0.3) is 5.13 Å². The predicted molar refractivity (Wildman–Crippen MR) is 91.2 cm³/mol. The lowest BCUT2D eigenvalue weighted by atomic mass is 9.85. The highest BCUT2D eigenvalue weighted by Gasteiger charge is 2.39. The van der Waals surface area contributed by atoms with Crippen LogP contribution in [0, 0.1) is 19.3 Å². The fourth-order valence-corrected chi connectivity index (χ4v) is 4.27. The first-order chi connectivity index (χ1) is 11.0. The molecule has 0 aromatic carbocycles. The van der Waals surface area contributed by atoms with Crippen LogP contribution >= 0.6 is 11.3 Å². The van der Waals surface area contributed by atoms with Crippen molar-refractivity contribution in [1.29, 1.82) is 0 Å². The van der Waals surface area contributed by atoms with Crippen LogP contribution in [0.15, 0.2) is 17.6 Å². The van der Waals surface area contributed by atoms with E-state index in [-0.39, 0.29) is 24.0 Å². The Morgan fingerprint density at radius 1 is 1.57 bits per heavy atom. The molecule has 2 atom stereocenters. The van der Waals surface area contributed by atoms with E-state index in [0.717, 1.165) is 35.8 Å². The van der Waals surface area contributed by atoms with Gasteiger partial charge in [0.05, 0.1) is 12.2 Å². The molecule has 2 aromatic rings. The zero-order valence-electron chi connectivity index (χ0n) is 13.8. The summed E-state index contributed by atoms with van der Waals surface area (Å²) in [4.78, 5) is 17.1. The molecule has 1 aliphatic carbocycles. The van der Waals surface area contributed by atoms with Crippen LogP contribution < -0.4 is 5.32 Å². The van der Waals surface area contributed by atoms with Gasteiger partial charge in [-0.3, -0.25) is 9.36 Å². The largest absolute Gasteiger partial charge is 0.396 e. The number of aromatic nitrogens is 2. The third kappa shape index (κ3) is 2.81. The van der Waals surface area contributed by atoms with Gasteiger partial charge in [0.15, 0.2) is 5.13 Å². The Hall–Kier alpha value is -1.66. The van der Waals surface area contributed by atoms with E-state index < -0.39 is 0 Å². The molecule has 1 amide bonds. The molecular formula is C17H23N3O2S. The fraction of sp³-hybridized carbons (Fsp3) is 0.529. The molecule has 5 nitrogen and oxygen atoms in total. The quantitative estimate of drug-likeness (QED) is 0.904. The van der Waals surface area contributed by atoms with E-state index in [0.29, 0.717) is 5.56 Å². The maximum Gasteiger partial charge on any atom is 0.253 e. The average Bonchev–Trinajstić information content (AvgIpc) is 3.21. The number of hydrogen-bond donors (Lipinski definition) is 2. The van der Waals surface area contributed by atoms with Crippen molar-refractivity contribution >= 4 is 17.2 Å². The van der Waals surface area contributed by atoms with E-state index in [4.69, 9.17) is 0 Å². The van der Waals surface area contributed by atoms with Crippen molar-refractivity contribution in [2.75, 3.05) is 6.61 Å². The van der Waals surface area contributed by atoms with Crippen LogP contribution in [0.5, 0.6) is 0 Å². The monoisotopic (exact) mass is 333 g/mol. The van der Waals surface area contributed by atoms with E-state index >= 15 is 0 Å². The molecule has 0 bridgehead atoms. The van der Waals surface area contributed by atoms with Crippen molar-refractivity contribution in [3.8, 4) is 5.13 Å². The Labute approximate surface area is 140 Å². The molecule has 3 rings (SSSR count). The molecule has 1 fully saturated rings. The molecule has 2 aromatic heterocycles. The second kappa shape index (κ2) is 6.09. The van der Waals surface area contributed by atoms with Crippen molar-refractivity contribution < 1.29 is 9.90 Å². The first-order valence-electron chi connectivity index (χ1n) is 7.97. The van der Waals surface area contributed by atoms with Crippen molar-refractivity contribution in [2.45, 2.75) is 46.1 Å². The van der Waals surface area contributed by atoms with Gasteiger partial charge in [0, 0.05) is 34.4 Å². The number of carbonyl (C=O) groups excluding carboxylic acids is 1. The maximum atomic E-state index is 12.7. The van der Waals surface area contributed by atoms with E-state index in [9.17, 15) is 9.90 Å². The SMILES string of the molecule is Cc1cc(C(=O)N[C@H]2CCC[C@]2(C)CO)c(C)n1-c1nccs1. The van der Waals surface area contributed by atoms with E-state index in [1.54, 1.807) is 17.5 Å². The van der Waals surface area contributed by atoms with Gasteiger partial charge >= 0.3 is 0 Å². The van der Waals surface area contributed by atoms with Crippen molar-refractivity contribution in [2.24, 2.45) is 5.41 Å². The second-order valence-corrected chi connectivity index (χ2v) is 7.54. The molecule has 124 valence electrons. The number of rotatable bonds is 4. The first-order valence-corrected chi connectivity index (χ1v) is 8.85. The van der Waals surface area contributed by atoms with Crippen molar-refractivity contribution in [3.05, 3.63) is 34.6 Å². The van der Waals surface area contributed by atoms with Gasteiger partial charge < -0.3 is 10.4 Å². The normalized spacial score (nSPS) is 24.1. The van der Waals surface area contributed by atoms with Crippen LogP contribution in [-0.2, 0) is 0 Å². The number of aliphatic hydroxyl groups is 1. The second-order valence-electron chi connectivity index (χ2n) is 6.67. The summed E-state index contributed by atoms with van der Waals surface area (Å²) in [5.41, 5.74) is 2.37. The molecule has 6 heteroatoms. The Morgan fingerprint density at radius 3 is 3.00 bits per heavy atom. The molecule has 1 saturated carbocycles. The van der Waals surface area contributed by atoms with Gasteiger partial charge in [-0.05, 0) is 32.8 Å². The van der Waals surface area contributed by atoms with Crippen LogP contribution in [0.4, 0.5) is 0 Å². The number of nitrogens with zero attached hydrogens (tertiary/aromatic N) is 2. The molecule has 0 aliphatic heterocycles. The number of carbonyl (C=O) groups is 1. The zero-order valence-corrected chi connectivity index (χ0v) is 14.6. The van der Waals surface area contributed by atoms with Crippen molar-refractivity contribution in [3.63, 3.8) is 0 Å². The summed E-state index contributed by atoms with van der Waals surface area (Å²) in [6.07, 6.45) is 4.69. The summed E-state index contributed by atoms with van der Waals surface area (Å²) in [6.45, 7) is 6.08. The lowest BCUT2D eigenvalue weighted by molar-refractivity contribution is 0.0830. The summed E-state index contributed by atoms with van der Waals surface area (Å²) in [5, 5.41) is 15.6. The molecule has 2 heterocycles. The maximum absolute atomic E-state index is 12.7. The standard InChI is InChI=1S/C17H23N3O2S/c1-11-9-13(12(2)20(11)16-18-7-8-23-16)15(22)19-14-5-4-6-17(14,3)10-21/h7-9,14,21H,4-6,10H2,1-3H3,(H,19,22)/t14-,17+/m0/s1. The number of hydrogen-bond acceptors (Lipinski definition) is 4. The van der Waals surface area contributed by atoms with Gasteiger partial charge in [0.25, 0.3) is 5.91 Å². The third-order valence-electron chi connectivity index (χ3n) is 5.03. The summed E-state index contributed by atoms with van der Waals surface area (Å²) < 4.78 is 2.01. The number of amides is 1. The highest BCUT2D eigenvalue weighted by molar-refractivity contribution is 7.12. The van der Waals surface area contributed by atoms with E-state index in [1.807, 2.05) is 36.8 Å². The van der Waals surface area contributed by atoms with Crippen LogP contribution in [0.2, 0.25) is 0 Å². The minimum Gasteiger partial charge on any atom is -0.396 e. The van der Waals surface area contributed by atoms with Crippen LogP contribution in [0.3, 0.4) is 0 Å². The van der Waals surface area contributed by atoms with E-state index in [2.05, 4.69) is 10.3 Å². The molecular weight excluding hydrogens is 310 g/mol. The molecule has 23 heavy (non-hydrogen) atoms. The van der Waals surface area contributed by atoms with Gasteiger partial charge in [0.2, 0.25) is 0 Å². The number of aliphatic hydroxyl groups excluding tert-OH is 1. The first kappa shape index (κ1) is 16.2. The Bertz CT molecular complexity index is 708. The molecule has 0 unspecified atom stereocenters. The predicted octanol–water partition coefficient (Wildman–Crippen LogP) is 2.83. The van der Waals surface area contributed by atoms with Gasteiger partial charge in [-0.25, -0.2) is 4.98 Å². The highest BCUT2D eigenvalue weighted by Crippen LogP contribution is 2.37. The number of aryl methyl sites for hydroxylation is 1. The summed E-state index contributed by atoms with van der Waals surface area (Å²) in [5.74, 6) is -0.0625. The van der Waals surface area contributed by atoms with Gasteiger partial charge in [0.1, 0.15) is 0 Å². The minimum absolute atomic E-state index is 0.0305. The van der Waals surface area contributed by atoms with Crippen LogP contribution in [0.1, 0.15) is 47.9 Å². The average molecular weight is 333 g/mol. The number of thiazole rings is 1. The molecule has 0 saturated heterocycles. The zero-order chi connectivity index (χ0) is 16.6. The van der Waals surface area contributed by atoms with Gasteiger partial charge in [-0.1, -0.05) is 13.3 Å². The Morgan fingerprint density at radius 2 is 2.35 bits per heavy atom. The van der Waals surface area contributed by atoms with Gasteiger partial charge in [-0.2, -0.15) is 0 Å². The minimum atomic E-state index is -0.212. The molecule has 2 N–H and O–H groups in total. The lowest BCUT2D eigenvalue weighted by Gasteiger charge is -2.30. The summed E-state index contributed by atoms with van der Waals surface area (Å²) in [6, 6.07) is 1.94. The Balaban J connectivity index is 1.85. The summed E-state index contributed by atoms with van der Waals surface area (Å²) in [7, 11) is 0. The summed E-state index contributed by atoms with van der Waals surface area (Å²) >= 11 is 1.55. The highest BCUT2D eigenvalue weighted by atomic mass is 32.1. The van der Waals surface area contributed by atoms with Crippen molar-refractivity contribution in [1.82, 2.24) is 14.9 Å². The van der Waals surface area contributed by atoms with Crippen LogP contribution in [-0.4, -0.2) is 33.2 Å². The molecule has 0 spiro atoms.